The van der Waals surface area contributed by atoms with Gasteiger partial charge in [0, 0.05) is 35.2 Å². The van der Waals surface area contributed by atoms with E-state index < -0.39 is 42.0 Å². The predicted molar refractivity (Wildman–Crippen MR) is 121 cm³/mol. The number of thioether (sulfide) groups is 1. The molecule has 0 aromatic carbocycles. The molecular formula is C19H19N7O7S2. The van der Waals surface area contributed by atoms with Crippen LogP contribution in [-0.2, 0) is 25.8 Å². The maximum absolute atomic E-state index is 12.9. The number of carboxylic acids is 2. The number of aromatic nitrogens is 1. The van der Waals surface area contributed by atoms with Crippen LogP contribution in [0.4, 0.5) is 0 Å². The fourth-order valence-corrected chi connectivity index (χ4v) is 5.24. The molecule has 14 nitrogen and oxygen atoms in total. The molecule has 5 N–H and O–H groups in total. The molecule has 0 radical (unpaired) electrons. The maximum Gasteiger partial charge on any atom is 0.344 e. The van der Waals surface area contributed by atoms with Gasteiger partial charge in [0.1, 0.15) is 11.4 Å². The number of nitrogens with zero attached hydrogens (tertiary/aromatic N) is 4. The van der Waals surface area contributed by atoms with Crippen molar-refractivity contribution in [2.75, 3.05) is 12.4 Å². The van der Waals surface area contributed by atoms with Gasteiger partial charge in [-0.15, -0.1) is 11.8 Å². The van der Waals surface area contributed by atoms with E-state index in [9.17, 15) is 24.3 Å². The number of aliphatic carboxylic acids is 1. The lowest BCUT2D eigenvalue weighted by atomic mass is 10.1. The van der Waals surface area contributed by atoms with Crippen LogP contribution in [0, 0.1) is 0 Å². The molecule has 3 aliphatic rings. The van der Waals surface area contributed by atoms with Gasteiger partial charge in [0.2, 0.25) is 18.1 Å². The SMILES string of the molecule is NC1(/C(=N/OCC(=O)O)C(=O)NC2C(=O)N3C=C(C[n+]4ccc(C(=O)[O-])cc4)CS[C@H]23)N=CSN1. The quantitative estimate of drug-likeness (QED) is 0.0846. The van der Waals surface area contributed by atoms with Gasteiger partial charge in [-0.3, -0.25) is 15.3 Å². The summed E-state index contributed by atoms with van der Waals surface area (Å²) in [6.07, 6.45) is 4.93. The van der Waals surface area contributed by atoms with Gasteiger partial charge in [0.25, 0.3) is 11.8 Å². The first-order valence-electron chi connectivity index (χ1n) is 10.0. The van der Waals surface area contributed by atoms with E-state index >= 15 is 0 Å². The zero-order valence-corrected chi connectivity index (χ0v) is 19.5. The Morgan fingerprint density at radius 1 is 1.43 bits per heavy atom. The van der Waals surface area contributed by atoms with Crippen molar-refractivity contribution >= 4 is 58.7 Å². The fraction of sp³-hybridized carbons (Fsp3) is 0.316. The van der Waals surface area contributed by atoms with Crippen molar-refractivity contribution in [3.63, 3.8) is 0 Å². The number of aliphatic imine (C=N–C) groups is 1. The summed E-state index contributed by atoms with van der Waals surface area (Å²) in [6.45, 7) is -0.345. The van der Waals surface area contributed by atoms with Crippen LogP contribution in [0.15, 0.2) is 46.4 Å². The van der Waals surface area contributed by atoms with Crippen LogP contribution in [0.25, 0.3) is 0 Å². The lowest BCUT2D eigenvalue weighted by molar-refractivity contribution is -0.689. The number of rotatable bonds is 9. The van der Waals surface area contributed by atoms with E-state index in [1.165, 1.54) is 34.3 Å². The normalized spacial score (nSPS) is 25.4. The number of nitrogens with two attached hydrogens (primary N) is 1. The molecule has 0 bridgehead atoms. The number of oxime groups is 1. The summed E-state index contributed by atoms with van der Waals surface area (Å²) >= 11 is 2.45. The van der Waals surface area contributed by atoms with E-state index in [1.54, 1.807) is 23.2 Å². The number of fused-ring (bicyclic) bond motifs is 1. The summed E-state index contributed by atoms with van der Waals surface area (Å²) in [4.78, 5) is 57.3. The first kappa shape index (κ1) is 24.6. The minimum absolute atomic E-state index is 0.0671. The van der Waals surface area contributed by atoms with E-state index in [-0.39, 0.29) is 16.8 Å². The van der Waals surface area contributed by atoms with E-state index in [1.807, 2.05) is 0 Å². The van der Waals surface area contributed by atoms with E-state index in [0.29, 0.717) is 12.3 Å². The molecule has 2 amide bonds. The second-order valence-electron chi connectivity index (χ2n) is 7.56. The monoisotopic (exact) mass is 521 g/mol. The highest BCUT2D eigenvalue weighted by molar-refractivity contribution is 8.10. The third-order valence-electron chi connectivity index (χ3n) is 5.08. The first-order chi connectivity index (χ1) is 16.7. The molecule has 2 unspecified atom stereocenters. The van der Waals surface area contributed by atoms with Crippen molar-refractivity contribution in [1.29, 1.82) is 0 Å². The highest BCUT2D eigenvalue weighted by Gasteiger charge is 2.51. The number of β-lactam (4-membered cyclic amide) rings is 1. The van der Waals surface area contributed by atoms with Crippen molar-refractivity contribution < 1.29 is 38.8 Å². The van der Waals surface area contributed by atoms with Gasteiger partial charge < -0.3 is 30.1 Å². The minimum atomic E-state index is -1.75. The van der Waals surface area contributed by atoms with Crippen LogP contribution < -0.4 is 25.4 Å². The van der Waals surface area contributed by atoms with Crippen molar-refractivity contribution in [3.8, 4) is 0 Å². The van der Waals surface area contributed by atoms with Gasteiger partial charge in [0.05, 0.1) is 11.5 Å². The summed E-state index contributed by atoms with van der Waals surface area (Å²) in [5.41, 5.74) is 7.95. The van der Waals surface area contributed by atoms with Gasteiger partial charge in [0.15, 0.2) is 18.9 Å². The number of carboxylic acid groups (broad SMARTS) is 2. The van der Waals surface area contributed by atoms with E-state index in [4.69, 9.17) is 10.8 Å². The Labute approximate surface area is 206 Å². The molecule has 0 saturated carbocycles. The van der Waals surface area contributed by atoms with Gasteiger partial charge in [-0.25, -0.2) is 19.1 Å². The molecule has 35 heavy (non-hydrogen) atoms. The number of amides is 2. The third-order valence-corrected chi connectivity index (χ3v) is 7.10. The van der Waals surface area contributed by atoms with Crippen LogP contribution in [0.5, 0.6) is 0 Å². The summed E-state index contributed by atoms with van der Waals surface area (Å²) in [6, 6.07) is 2.01. The van der Waals surface area contributed by atoms with Gasteiger partial charge in [-0.05, 0) is 11.9 Å². The molecule has 1 aromatic rings. The van der Waals surface area contributed by atoms with Crippen molar-refractivity contribution in [2.45, 2.75) is 23.7 Å². The summed E-state index contributed by atoms with van der Waals surface area (Å²) < 4.78 is 4.45. The highest BCUT2D eigenvalue weighted by atomic mass is 32.2. The van der Waals surface area contributed by atoms with Crippen molar-refractivity contribution in [1.82, 2.24) is 14.9 Å². The highest BCUT2D eigenvalue weighted by Crippen LogP contribution is 2.36. The number of nitrogens with one attached hydrogen (secondary N) is 2. The Hall–Kier alpha value is -3.47. The largest absolute Gasteiger partial charge is 0.545 e. The fourth-order valence-electron chi connectivity index (χ4n) is 3.39. The lowest BCUT2D eigenvalue weighted by Crippen LogP contribution is -2.70. The Kier molecular flexibility index (Phi) is 7.06. The van der Waals surface area contributed by atoms with E-state index in [0.717, 1.165) is 17.5 Å². The maximum atomic E-state index is 12.9. The minimum Gasteiger partial charge on any atom is -0.545 e. The van der Waals surface area contributed by atoms with Crippen LogP contribution in [0.1, 0.15) is 10.4 Å². The van der Waals surface area contributed by atoms with Gasteiger partial charge in [-0.2, -0.15) is 0 Å². The third kappa shape index (κ3) is 5.29. The first-order valence-corrected chi connectivity index (χ1v) is 11.9. The number of hydrogen-bond donors (Lipinski definition) is 4. The summed E-state index contributed by atoms with van der Waals surface area (Å²) in [5.74, 6) is -4.92. The van der Waals surface area contributed by atoms with Crippen LogP contribution >= 0.6 is 23.7 Å². The van der Waals surface area contributed by atoms with Crippen molar-refractivity contribution in [2.24, 2.45) is 15.9 Å². The molecule has 0 spiro atoms. The topological polar surface area (TPSA) is 203 Å². The number of carbonyl (C=O) groups is 4. The average Bonchev–Trinajstić information content (AvgIpc) is 3.27. The number of hydrogen-bond acceptors (Lipinski definition) is 12. The second kappa shape index (κ2) is 10.0. The van der Waals surface area contributed by atoms with Crippen LogP contribution in [0.2, 0.25) is 0 Å². The zero-order chi connectivity index (χ0) is 25.2. The Bertz CT molecular complexity index is 1160. The van der Waals surface area contributed by atoms with Crippen molar-refractivity contribution in [3.05, 3.63) is 41.9 Å². The molecule has 3 aliphatic heterocycles. The lowest BCUT2D eigenvalue weighted by Gasteiger charge is -2.47. The number of aromatic carboxylic acids is 1. The van der Waals surface area contributed by atoms with Gasteiger partial charge >= 0.3 is 5.97 Å². The van der Waals surface area contributed by atoms with Crippen LogP contribution in [0.3, 0.4) is 0 Å². The molecule has 1 fully saturated rings. The van der Waals surface area contributed by atoms with E-state index in [2.05, 4.69) is 25.0 Å². The predicted octanol–water partition coefficient (Wildman–Crippen LogP) is -3.03. The molecule has 3 atom stereocenters. The van der Waals surface area contributed by atoms with Gasteiger partial charge in [-0.1, -0.05) is 5.16 Å². The molecule has 1 saturated heterocycles. The molecule has 16 heteroatoms. The van der Waals surface area contributed by atoms with Crippen LogP contribution in [-0.4, -0.2) is 74.6 Å². The molecular weight excluding hydrogens is 502 g/mol. The molecule has 184 valence electrons. The summed E-state index contributed by atoms with van der Waals surface area (Å²) in [5, 5.41) is 25.4. The standard InChI is InChI=1S/C19H19N7O7S2/c20-19(21-9-35-24-19)14(23-33-7-12(27)28)15(29)22-13-16(30)26-6-10(8-34-17(13)26)5-25-3-1-11(2-4-25)18(31)32/h1-4,6,9,13,17,24H,5,7-8,20H2,(H2-,22,27,28,29,31,32)/b23-14+/t13?,17-,19?/m1/s1. The Morgan fingerprint density at radius 3 is 2.80 bits per heavy atom. The Morgan fingerprint density at radius 2 is 2.17 bits per heavy atom. The average molecular weight is 522 g/mol. The molecule has 4 rings (SSSR count). The number of carbonyl (C=O) groups excluding carboxylic acids is 3. The molecule has 4 heterocycles. The summed E-state index contributed by atoms with van der Waals surface area (Å²) in [7, 11) is 0. The zero-order valence-electron chi connectivity index (χ0n) is 17.8. The smallest absolute Gasteiger partial charge is 0.344 e. The number of pyridine rings is 1. The molecule has 0 aliphatic carbocycles. The second-order valence-corrected chi connectivity index (χ2v) is 9.32. The molecule has 1 aromatic heterocycles. The Balaban J connectivity index is 1.41.